The zero-order chi connectivity index (χ0) is 17.6. The van der Waals surface area contributed by atoms with E-state index in [1.807, 2.05) is 48.5 Å². The lowest BCUT2D eigenvalue weighted by Gasteiger charge is -2.11. The Bertz CT molecular complexity index is 888. The van der Waals surface area contributed by atoms with Gasteiger partial charge < -0.3 is 14.8 Å². The van der Waals surface area contributed by atoms with Crippen LogP contribution >= 0.6 is 0 Å². The SMILES string of the molecule is COc1ccc(OC)c(CCC(=O)Nc2cccc3ncccc23)c1. The maximum absolute atomic E-state index is 12.4. The fourth-order valence-corrected chi connectivity index (χ4v) is 2.75. The van der Waals surface area contributed by atoms with Crippen LogP contribution in [0.15, 0.2) is 54.7 Å². The number of benzene rings is 2. The van der Waals surface area contributed by atoms with E-state index in [0.29, 0.717) is 12.8 Å². The zero-order valence-electron chi connectivity index (χ0n) is 14.3. The van der Waals surface area contributed by atoms with E-state index in [1.54, 1.807) is 20.4 Å². The highest BCUT2D eigenvalue weighted by Crippen LogP contribution is 2.26. The van der Waals surface area contributed by atoms with Gasteiger partial charge in [-0.1, -0.05) is 6.07 Å². The number of carbonyl (C=O) groups excluding carboxylic acids is 1. The molecule has 1 aromatic heterocycles. The summed E-state index contributed by atoms with van der Waals surface area (Å²) in [5.74, 6) is 1.44. The second-order valence-electron chi connectivity index (χ2n) is 5.60. The van der Waals surface area contributed by atoms with E-state index in [0.717, 1.165) is 33.7 Å². The number of carbonyl (C=O) groups is 1. The Kier molecular flexibility index (Phi) is 5.14. The molecule has 5 heteroatoms. The van der Waals surface area contributed by atoms with E-state index < -0.39 is 0 Å². The number of hydrogen-bond acceptors (Lipinski definition) is 4. The van der Waals surface area contributed by atoms with Crippen molar-refractivity contribution >= 4 is 22.5 Å². The second kappa shape index (κ2) is 7.66. The van der Waals surface area contributed by atoms with Crippen LogP contribution in [0, 0.1) is 0 Å². The molecule has 3 aromatic rings. The zero-order valence-corrected chi connectivity index (χ0v) is 14.3. The number of nitrogens with one attached hydrogen (secondary N) is 1. The number of rotatable bonds is 6. The smallest absolute Gasteiger partial charge is 0.224 e. The van der Waals surface area contributed by atoms with Gasteiger partial charge in [0.2, 0.25) is 5.91 Å². The van der Waals surface area contributed by atoms with Gasteiger partial charge in [-0.3, -0.25) is 9.78 Å². The van der Waals surface area contributed by atoms with Crippen LogP contribution < -0.4 is 14.8 Å². The standard InChI is InChI=1S/C20H20N2O3/c1-24-15-9-10-19(25-2)14(13-15)8-11-20(23)22-18-7-3-6-17-16(18)5-4-12-21-17/h3-7,9-10,12-13H,8,11H2,1-2H3,(H,22,23). The van der Waals surface area contributed by atoms with E-state index in [9.17, 15) is 4.79 Å². The van der Waals surface area contributed by atoms with E-state index in [-0.39, 0.29) is 5.91 Å². The minimum absolute atomic E-state index is 0.0544. The number of nitrogens with zero attached hydrogens (tertiary/aromatic N) is 1. The summed E-state index contributed by atoms with van der Waals surface area (Å²) in [6, 6.07) is 15.1. The number of aryl methyl sites for hydroxylation is 1. The van der Waals surface area contributed by atoms with Crippen LogP contribution in [0.2, 0.25) is 0 Å². The van der Waals surface area contributed by atoms with Crippen molar-refractivity contribution in [2.45, 2.75) is 12.8 Å². The maximum atomic E-state index is 12.4. The van der Waals surface area contributed by atoms with Crippen LogP contribution in [0.25, 0.3) is 10.9 Å². The van der Waals surface area contributed by atoms with Crippen molar-refractivity contribution in [2.24, 2.45) is 0 Å². The van der Waals surface area contributed by atoms with Crippen molar-refractivity contribution in [3.05, 3.63) is 60.3 Å². The van der Waals surface area contributed by atoms with Gasteiger partial charge in [0.25, 0.3) is 0 Å². The molecule has 1 N–H and O–H groups in total. The van der Waals surface area contributed by atoms with Crippen LogP contribution in [-0.2, 0) is 11.2 Å². The van der Waals surface area contributed by atoms with Crippen molar-refractivity contribution < 1.29 is 14.3 Å². The monoisotopic (exact) mass is 336 g/mol. The lowest BCUT2D eigenvalue weighted by atomic mass is 10.1. The van der Waals surface area contributed by atoms with Gasteiger partial charge in [0.15, 0.2) is 0 Å². The van der Waals surface area contributed by atoms with Gasteiger partial charge in [0, 0.05) is 18.0 Å². The molecule has 1 amide bonds. The molecule has 1 heterocycles. The van der Waals surface area contributed by atoms with Gasteiger partial charge >= 0.3 is 0 Å². The molecular weight excluding hydrogens is 316 g/mol. The molecule has 0 radical (unpaired) electrons. The summed E-state index contributed by atoms with van der Waals surface area (Å²) in [6.45, 7) is 0. The van der Waals surface area contributed by atoms with Crippen molar-refractivity contribution in [1.82, 2.24) is 4.98 Å². The molecule has 0 saturated carbocycles. The molecule has 0 saturated heterocycles. The molecule has 0 spiro atoms. The highest BCUT2D eigenvalue weighted by atomic mass is 16.5. The largest absolute Gasteiger partial charge is 0.497 e. The van der Waals surface area contributed by atoms with Gasteiger partial charge in [-0.15, -0.1) is 0 Å². The third-order valence-corrected chi connectivity index (χ3v) is 4.03. The minimum atomic E-state index is -0.0544. The molecule has 0 bridgehead atoms. The first-order valence-corrected chi connectivity index (χ1v) is 8.06. The van der Waals surface area contributed by atoms with Crippen molar-refractivity contribution in [3.63, 3.8) is 0 Å². The fraction of sp³-hybridized carbons (Fsp3) is 0.200. The Morgan fingerprint density at radius 2 is 1.96 bits per heavy atom. The van der Waals surface area contributed by atoms with Gasteiger partial charge in [0.05, 0.1) is 25.4 Å². The van der Waals surface area contributed by atoms with Gasteiger partial charge in [0.1, 0.15) is 11.5 Å². The number of pyridine rings is 1. The Morgan fingerprint density at radius 3 is 2.76 bits per heavy atom. The normalized spacial score (nSPS) is 10.5. The summed E-state index contributed by atoms with van der Waals surface area (Å²) in [5.41, 5.74) is 2.57. The molecule has 2 aromatic carbocycles. The number of ether oxygens (including phenoxy) is 2. The number of aromatic nitrogens is 1. The summed E-state index contributed by atoms with van der Waals surface area (Å²) in [6.07, 6.45) is 2.65. The first-order valence-electron chi connectivity index (χ1n) is 8.06. The predicted octanol–water partition coefficient (Wildman–Crippen LogP) is 3.82. The maximum Gasteiger partial charge on any atom is 0.224 e. The molecule has 25 heavy (non-hydrogen) atoms. The van der Waals surface area contributed by atoms with Crippen LogP contribution in [-0.4, -0.2) is 25.1 Å². The Hall–Kier alpha value is -3.08. The predicted molar refractivity (Wildman–Crippen MR) is 98.2 cm³/mol. The number of methoxy groups -OCH3 is 2. The first-order chi connectivity index (χ1) is 12.2. The number of anilines is 1. The second-order valence-corrected chi connectivity index (χ2v) is 5.60. The number of hydrogen-bond donors (Lipinski definition) is 1. The summed E-state index contributed by atoms with van der Waals surface area (Å²) < 4.78 is 10.6. The van der Waals surface area contributed by atoms with Crippen LogP contribution in [0.4, 0.5) is 5.69 Å². The molecule has 0 aliphatic heterocycles. The Labute approximate surface area is 146 Å². The van der Waals surface area contributed by atoms with Crippen LogP contribution in [0.3, 0.4) is 0 Å². The average molecular weight is 336 g/mol. The highest BCUT2D eigenvalue weighted by Gasteiger charge is 2.10. The summed E-state index contributed by atoms with van der Waals surface area (Å²) >= 11 is 0. The van der Waals surface area contributed by atoms with Crippen molar-refractivity contribution in [2.75, 3.05) is 19.5 Å². The molecule has 3 rings (SSSR count). The van der Waals surface area contributed by atoms with E-state index in [1.165, 1.54) is 0 Å². The van der Waals surface area contributed by atoms with Crippen LogP contribution in [0.1, 0.15) is 12.0 Å². The topological polar surface area (TPSA) is 60.5 Å². The third kappa shape index (κ3) is 3.88. The van der Waals surface area contributed by atoms with E-state index in [2.05, 4.69) is 10.3 Å². The molecule has 5 nitrogen and oxygen atoms in total. The summed E-state index contributed by atoms with van der Waals surface area (Å²) in [5, 5.41) is 3.90. The third-order valence-electron chi connectivity index (χ3n) is 4.03. The van der Waals surface area contributed by atoms with Crippen molar-refractivity contribution in [1.29, 1.82) is 0 Å². The van der Waals surface area contributed by atoms with Gasteiger partial charge in [-0.2, -0.15) is 0 Å². The number of fused-ring (bicyclic) bond motifs is 1. The Morgan fingerprint density at radius 1 is 1.08 bits per heavy atom. The first kappa shape index (κ1) is 16.8. The summed E-state index contributed by atoms with van der Waals surface area (Å²) in [4.78, 5) is 16.7. The molecule has 0 atom stereocenters. The molecular formula is C20H20N2O3. The lowest BCUT2D eigenvalue weighted by molar-refractivity contribution is -0.116. The Balaban J connectivity index is 1.71. The number of amides is 1. The lowest BCUT2D eigenvalue weighted by Crippen LogP contribution is -2.13. The summed E-state index contributed by atoms with van der Waals surface area (Å²) in [7, 11) is 3.24. The highest BCUT2D eigenvalue weighted by molar-refractivity contribution is 6.00. The quantitative estimate of drug-likeness (QED) is 0.743. The molecule has 0 aliphatic rings. The molecule has 0 fully saturated rings. The average Bonchev–Trinajstić information content (AvgIpc) is 2.66. The van der Waals surface area contributed by atoms with Crippen LogP contribution in [0.5, 0.6) is 11.5 Å². The van der Waals surface area contributed by atoms with Gasteiger partial charge in [-0.05, 0) is 54.4 Å². The molecule has 0 aliphatic carbocycles. The van der Waals surface area contributed by atoms with Crippen molar-refractivity contribution in [3.8, 4) is 11.5 Å². The fourth-order valence-electron chi connectivity index (χ4n) is 2.75. The van der Waals surface area contributed by atoms with E-state index in [4.69, 9.17) is 9.47 Å². The van der Waals surface area contributed by atoms with E-state index >= 15 is 0 Å². The minimum Gasteiger partial charge on any atom is -0.497 e. The molecule has 128 valence electrons. The molecule has 0 unspecified atom stereocenters. The van der Waals surface area contributed by atoms with Gasteiger partial charge in [-0.25, -0.2) is 0 Å².